The average Bonchev–Trinajstić information content (AvgIpc) is 3.01. The molecule has 0 spiro atoms. The highest BCUT2D eigenvalue weighted by Crippen LogP contribution is 2.46. The first-order chi connectivity index (χ1) is 13.2. The van der Waals surface area contributed by atoms with Crippen molar-refractivity contribution in [3.8, 4) is 5.75 Å². The summed E-state index contributed by atoms with van der Waals surface area (Å²) in [6, 6.07) is 15.3. The Hall–Kier alpha value is -2.47. The van der Waals surface area contributed by atoms with Crippen LogP contribution in [-0.4, -0.2) is 24.7 Å². The summed E-state index contributed by atoms with van der Waals surface area (Å²) in [6.45, 7) is 0. The summed E-state index contributed by atoms with van der Waals surface area (Å²) in [4.78, 5) is 26.9. The van der Waals surface area contributed by atoms with Crippen molar-refractivity contribution in [2.45, 2.75) is 24.6 Å². The predicted molar refractivity (Wildman–Crippen MR) is 108 cm³/mol. The average molecular weight is 382 g/mol. The Morgan fingerprint density at radius 1 is 1.15 bits per heavy atom. The number of nitrogens with zero attached hydrogens (tertiary/aromatic N) is 1. The first kappa shape index (κ1) is 17.9. The van der Waals surface area contributed by atoms with E-state index in [0.29, 0.717) is 11.5 Å². The number of hydrogen-bond donors (Lipinski definition) is 1. The third kappa shape index (κ3) is 3.41. The van der Waals surface area contributed by atoms with Gasteiger partial charge in [-0.05, 0) is 31.0 Å². The molecule has 27 heavy (non-hydrogen) atoms. The van der Waals surface area contributed by atoms with Crippen LogP contribution in [0.1, 0.15) is 30.2 Å². The van der Waals surface area contributed by atoms with Crippen LogP contribution in [0.2, 0.25) is 0 Å². The minimum Gasteiger partial charge on any atom is -0.495 e. The van der Waals surface area contributed by atoms with Crippen LogP contribution in [-0.2, 0) is 9.59 Å². The minimum atomic E-state index is -0.202. The van der Waals surface area contributed by atoms with E-state index in [1.165, 1.54) is 0 Å². The van der Waals surface area contributed by atoms with Crippen molar-refractivity contribution >= 4 is 35.0 Å². The number of carbonyl (C=O) groups is 2. The summed E-state index contributed by atoms with van der Waals surface area (Å²) in [5.41, 5.74) is 2.47. The van der Waals surface area contributed by atoms with Crippen LogP contribution in [0.5, 0.6) is 5.75 Å². The Labute approximate surface area is 163 Å². The van der Waals surface area contributed by atoms with E-state index in [1.54, 1.807) is 23.8 Å². The Bertz CT molecular complexity index is 866. The third-order valence-electron chi connectivity index (χ3n) is 5.17. The van der Waals surface area contributed by atoms with Crippen molar-refractivity contribution in [2.24, 2.45) is 5.92 Å². The topological polar surface area (TPSA) is 58.6 Å². The molecule has 140 valence electrons. The maximum atomic E-state index is 12.7. The quantitative estimate of drug-likeness (QED) is 0.841. The number of para-hydroxylation sites is 3. The fraction of sp³-hybridized carbons (Fsp3) is 0.333. The molecule has 0 unspecified atom stereocenters. The highest BCUT2D eigenvalue weighted by molar-refractivity contribution is 8.00. The number of carbonyl (C=O) groups excluding carboxylic acids is 2. The molecular formula is C21H22N2O3S. The van der Waals surface area contributed by atoms with Gasteiger partial charge in [-0.25, -0.2) is 0 Å². The normalized spacial score (nSPS) is 19.7. The lowest BCUT2D eigenvalue weighted by Crippen LogP contribution is -2.30. The fourth-order valence-electron chi connectivity index (χ4n) is 3.47. The zero-order valence-corrected chi connectivity index (χ0v) is 16.0. The minimum absolute atomic E-state index is 0.0367. The molecule has 2 aliphatic rings. The largest absolute Gasteiger partial charge is 0.495 e. The molecule has 1 atom stereocenters. The standard InChI is InChI=1S/C21H22N2O3S/c1-26-18-12-5-4-11-17(18)23-19(24)13-27-21(23)15-9-2-3-10-16(15)22-20(25)14-7-6-8-14/h2-5,9-12,14,21H,6-8,13H2,1H3,(H,22,25)/t21-/m0/s1. The zero-order chi connectivity index (χ0) is 18.8. The molecular weight excluding hydrogens is 360 g/mol. The van der Waals surface area contributed by atoms with Gasteiger partial charge in [-0.15, -0.1) is 11.8 Å². The van der Waals surface area contributed by atoms with Gasteiger partial charge in [0.2, 0.25) is 11.8 Å². The van der Waals surface area contributed by atoms with Crippen LogP contribution in [0.25, 0.3) is 0 Å². The molecule has 0 aromatic heterocycles. The predicted octanol–water partition coefficient (Wildman–Crippen LogP) is 4.21. The first-order valence-electron chi connectivity index (χ1n) is 9.15. The molecule has 5 nitrogen and oxygen atoms in total. The molecule has 0 bridgehead atoms. The van der Waals surface area contributed by atoms with Gasteiger partial charge in [0.05, 0.1) is 18.6 Å². The molecule has 2 amide bonds. The number of thioether (sulfide) groups is 1. The lowest BCUT2D eigenvalue weighted by molar-refractivity contribution is -0.122. The van der Waals surface area contributed by atoms with E-state index in [4.69, 9.17) is 4.74 Å². The molecule has 1 saturated carbocycles. The van der Waals surface area contributed by atoms with Crippen LogP contribution in [0.4, 0.5) is 11.4 Å². The van der Waals surface area contributed by atoms with Gasteiger partial charge < -0.3 is 10.1 Å². The molecule has 1 aliphatic carbocycles. The van der Waals surface area contributed by atoms with E-state index in [9.17, 15) is 9.59 Å². The molecule has 0 radical (unpaired) electrons. The van der Waals surface area contributed by atoms with Crippen LogP contribution in [0.15, 0.2) is 48.5 Å². The van der Waals surface area contributed by atoms with E-state index >= 15 is 0 Å². The van der Waals surface area contributed by atoms with E-state index in [-0.39, 0.29) is 23.1 Å². The van der Waals surface area contributed by atoms with E-state index < -0.39 is 0 Å². The maximum Gasteiger partial charge on any atom is 0.238 e. The van der Waals surface area contributed by atoms with E-state index in [2.05, 4.69) is 5.32 Å². The second-order valence-electron chi connectivity index (χ2n) is 6.80. The van der Waals surface area contributed by atoms with Gasteiger partial charge in [-0.2, -0.15) is 0 Å². The number of methoxy groups -OCH3 is 1. The molecule has 1 N–H and O–H groups in total. The SMILES string of the molecule is COc1ccccc1N1C(=O)CS[C@H]1c1ccccc1NC(=O)C1CCC1. The van der Waals surface area contributed by atoms with Gasteiger partial charge in [0.15, 0.2) is 0 Å². The van der Waals surface area contributed by atoms with E-state index in [1.807, 2.05) is 48.5 Å². The van der Waals surface area contributed by atoms with Crippen molar-refractivity contribution in [3.05, 3.63) is 54.1 Å². The highest BCUT2D eigenvalue weighted by Gasteiger charge is 2.37. The molecule has 2 aromatic rings. The molecule has 1 saturated heterocycles. The van der Waals surface area contributed by atoms with Gasteiger partial charge in [-0.3, -0.25) is 14.5 Å². The Kier molecular flexibility index (Phi) is 5.07. The first-order valence-corrected chi connectivity index (χ1v) is 10.2. The van der Waals surface area contributed by atoms with Crippen molar-refractivity contribution < 1.29 is 14.3 Å². The van der Waals surface area contributed by atoms with Crippen LogP contribution in [0.3, 0.4) is 0 Å². The van der Waals surface area contributed by atoms with Gasteiger partial charge >= 0.3 is 0 Å². The van der Waals surface area contributed by atoms with Gasteiger partial charge in [0.1, 0.15) is 11.1 Å². The summed E-state index contributed by atoms with van der Waals surface area (Å²) in [5.74, 6) is 1.28. The molecule has 2 fully saturated rings. The number of benzene rings is 2. The molecule has 6 heteroatoms. The summed E-state index contributed by atoms with van der Waals surface area (Å²) in [5, 5.41) is 2.88. The van der Waals surface area contributed by atoms with E-state index in [0.717, 1.165) is 36.2 Å². The number of amides is 2. The third-order valence-corrected chi connectivity index (χ3v) is 6.37. The number of rotatable bonds is 5. The summed E-state index contributed by atoms with van der Waals surface area (Å²) in [6.07, 6.45) is 3.03. The van der Waals surface area contributed by atoms with Gasteiger partial charge in [0, 0.05) is 17.2 Å². The summed E-state index contributed by atoms with van der Waals surface area (Å²) in [7, 11) is 1.61. The van der Waals surface area contributed by atoms with Crippen LogP contribution >= 0.6 is 11.8 Å². The van der Waals surface area contributed by atoms with Gasteiger partial charge in [-0.1, -0.05) is 36.8 Å². The maximum absolute atomic E-state index is 12.7. The number of hydrogen-bond acceptors (Lipinski definition) is 4. The molecule has 1 aliphatic heterocycles. The smallest absolute Gasteiger partial charge is 0.238 e. The van der Waals surface area contributed by atoms with Crippen LogP contribution in [0, 0.1) is 5.92 Å². The van der Waals surface area contributed by atoms with Gasteiger partial charge in [0.25, 0.3) is 0 Å². The van der Waals surface area contributed by atoms with Crippen molar-refractivity contribution in [1.29, 1.82) is 0 Å². The van der Waals surface area contributed by atoms with Crippen molar-refractivity contribution in [3.63, 3.8) is 0 Å². The van der Waals surface area contributed by atoms with Crippen LogP contribution < -0.4 is 15.0 Å². The van der Waals surface area contributed by atoms with Crippen molar-refractivity contribution in [1.82, 2.24) is 0 Å². The lowest BCUT2D eigenvalue weighted by atomic mass is 9.85. The fourth-order valence-corrected chi connectivity index (χ4v) is 4.68. The molecule has 4 rings (SSSR count). The molecule has 1 heterocycles. The Morgan fingerprint density at radius 3 is 2.63 bits per heavy atom. The second-order valence-corrected chi connectivity index (χ2v) is 7.87. The number of nitrogens with one attached hydrogen (secondary N) is 1. The van der Waals surface area contributed by atoms with Crippen molar-refractivity contribution in [2.75, 3.05) is 23.1 Å². The molecule has 2 aromatic carbocycles. The Balaban J connectivity index is 1.67. The monoisotopic (exact) mass is 382 g/mol. The summed E-state index contributed by atoms with van der Waals surface area (Å²) >= 11 is 1.56. The number of ether oxygens (including phenoxy) is 1. The highest BCUT2D eigenvalue weighted by atomic mass is 32.2. The summed E-state index contributed by atoms with van der Waals surface area (Å²) < 4.78 is 5.47. The number of anilines is 2. The second kappa shape index (κ2) is 7.64. The zero-order valence-electron chi connectivity index (χ0n) is 15.2. The lowest BCUT2D eigenvalue weighted by Gasteiger charge is -2.28. The Morgan fingerprint density at radius 2 is 1.89 bits per heavy atom.